The van der Waals surface area contributed by atoms with E-state index in [4.69, 9.17) is 14.7 Å². The Bertz CT molecular complexity index is 1050. The molecule has 0 fully saturated rings. The molecule has 0 spiro atoms. The van der Waals surface area contributed by atoms with Crippen molar-refractivity contribution in [3.8, 4) is 17.6 Å². The van der Waals surface area contributed by atoms with Crippen LogP contribution >= 0.6 is 0 Å². The third kappa shape index (κ3) is 7.02. The molecule has 0 unspecified atom stereocenters. The fraction of sp³-hybridized carbons (Fsp3) is 0.160. The average molecular weight is 413 g/mol. The van der Waals surface area contributed by atoms with E-state index in [-0.39, 0.29) is 12.3 Å². The van der Waals surface area contributed by atoms with Crippen molar-refractivity contribution in [1.29, 1.82) is 5.26 Å². The minimum Gasteiger partial charge on any atom is -0.494 e. The number of carbonyl (C=O) groups is 1. The molecule has 1 N–H and O–H groups in total. The second-order valence-corrected chi connectivity index (χ2v) is 6.71. The quantitative estimate of drug-likeness (QED) is 0.420. The van der Waals surface area contributed by atoms with Gasteiger partial charge in [0.1, 0.15) is 18.1 Å². The molecule has 156 valence electrons. The van der Waals surface area contributed by atoms with Crippen LogP contribution in [0.25, 0.3) is 0 Å². The molecule has 6 heteroatoms. The van der Waals surface area contributed by atoms with Crippen molar-refractivity contribution >= 4 is 12.1 Å². The van der Waals surface area contributed by atoms with Crippen molar-refractivity contribution in [3.05, 3.63) is 95.1 Å². The van der Waals surface area contributed by atoms with Crippen molar-refractivity contribution in [1.82, 2.24) is 5.43 Å². The molecular weight excluding hydrogens is 390 g/mol. The van der Waals surface area contributed by atoms with Gasteiger partial charge in [0, 0.05) is 0 Å². The molecule has 0 heterocycles. The van der Waals surface area contributed by atoms with Gasteiger partial charge in [0.2, 0.25) is 5.91 Å². The van der Waals surface area contributed by atoms with Crippen molar-refractivity contribution in [2.45, 2.75) is 20.0 Å². The van der Waals surface area contributed by atoms with Gasteiger partial charge in [-0.05, 0) is 72.1 Å². The van der Waals surface area contributed by atoms with Gasteiger partial charge in [-0.2, -0.15) is 10.4 Å². The van der Waals surface area contributed by atoms with E-state index in [0.717, 1.165) is 28.2 Å². The lowest BCUT2D eigenvalue weighted by Gasteiger charge is -2.06. The van der Waals surface area contributed by atoms with Gasteiger partial charge in [0.15, 0.2) is 0 Å². The van der Waals surface area contributed by atoms with E-state index in [9.17, 15) is 4.79 Å². The van der Waals surface area contributed by atoms with Crippen LogP contribution in [0.1, 0.15) is 29.2 Å². The molecule has 3 aromatic rings. The molecule has 6 nitrogen and oxygen atoms in total. The zero-order valence-corrected chi connectivity index (χ0v) is 17.2. The predicted molar refractivity (Wildman–Crippen MR) is 119 cm³/mol. The predicted octanol–water partition coefficient (Wildman–Crippen LogP) is 4.23. The Balaban J connectivity index is 1.44. The van der Waals surface area contributed by atoms with Crippen LogP contribution in [0.4, 0.5) is 0 Å². The molecule has 31 heavy (non-hydrogen) atoms. The minimum atomic E-state index is -0.192. The average Bonchev–Trinajstić information content (AvgIpc) is 2.80. The van der Waals surface area contributed by atoms with E-state index in [1.54, 1.807) is 18.3 Å². The highest BCUT2D eigenvalue weighted by atomic mass is 16.5. The van der Waals surface area contributed by atoms with Gasteiger partial charge < -0.3 is 9.47 Å². The summed E-state index contributed by atoms with van der Waals surface area (Å²) in [5.74, 6) is 1.32. The molecule has 0 aliphatic carbocycles. The zero-order chi connectivity index (χ0) is 21.9. The maximum Gasteiger partial charge on any atom is 0.244 e. The first-order valence-electron chi connectivity index (χ1n) is 9.92. The van der Waals surface area contributed by atoms with Crippen LogP contribution in [0, 0.1) is 11.3 Å². The Morgan fingerprint density at radius 3 is 2.19 bits per heavy atom. The lowest BCUT2D eigenvalue weighted by Crippen LogP contribution is -2.19. The number of nitrogens with one attached hydrogen (secondary N) is 1. The Hall–Kier alpha value is -4.11. The van der Waals surface area contributed by atoms with E-state index < -0.39 is 0 Å². The van der Waals surface area contributed by atoms with Crippen molar-refractivity contribution in [3.63, 3.8) is 0 Å². The molecule has 0 bridgehead atoms. The summed E-state index contributed by atoms with van der Waals surface area (Å²) < 4.78 is 11.1. The van der Waals surface area contributed by atoms with Crippen LogP contribution in [0.5, 0.6) is 11.5 Å². The van der Waals surface area contributed by atoms with Crippen LogP contribution in [0.15, 0.2) is 77.9 Å². The largest absolute Gasteiger partial charge is 0.494 e. The standard InChI is InChI=1S/C25H23N3O3/c1-2-30-23-11-7-19(8-12-23)15-25(29)28-27-17-21-9-13-24(14-10-21)31-18-22-5-3-20(16-26)4-6-22/h3-14,17H,2,15,18H2,1H3,(H,28,29)/b27-17-. The molecule has 3 aromatic carbocycles. The summed E-state index contributed by atoms with van der Waals surface area (Å²) in [5, 5.41) is 12.8. The summed E-state index contributed by atoms with van der Waals surface area (Å²) in [6.07, 6.45) is 1.83. The normalized spacial score (nSPS) is 10.5. The van der Waals surface area contributed by atoms with Crippen LogP contribution in [-0.4, -0.2) is 18.7 Å². The number of hydrogen-bond donors (Lipinski definition) is 1. The van der Waals surface area contributed by atoms with Crippen LogP contribution in [-0.2, 0) is 17.8 Å². The topological polar surface area (TPSA) is 83.7 Å². The summed E-state index contributed by atoms with van der Waals surface area (Å²) in [6.45, 7) is 2.96. The second-order valence-electron chi connectivity index (χ2n) is 6.71. The molecule has 0 saturated carbocycles. The number of nitrogens with zero attached hydrogens (tertiary/aromatic N) is 2. The smallest absolute Gasteiger partial charge is 0.244 e. The van der Waals surface area contributed by atoms with Crippen molar-refractivity contribution in [2.75, 3.05) is 6.61 Å². The third-order valence-electron chi connectivity index (χ3n) is 4.37. The Labute approximate surface area is 181 Å². The molecule has 0 atom stereocenters. The lowest BCUT2D eigenvalue weighted by molar-refractivity contribution is -0.120. The maximum atomic E-state index is 12.0. The summed E-state index contributed by atoms with van der Waals surface area (Å²) in [5.41, 5.74) is 5.87. The first-order chi connectivity index (χ1) is 15.2. The molecule has 0 aliphatic rings. The highest BCUT2D eigenvalue weighted by molar-refractivity contribution is 5.83. The third-order valence-corrected chi connectivity index (χ3v) is 4.37. The van der Waals surface area contributed by atoms with Gasteiger partial charge in [-0.1, -0.05) is 24.3 Å². The highest BCUT2D eigenvalue weighted by Gasteiger charge is 2.03. The molecule has 0 radical (unpaired) electrons. The van der Waals surface area contributed by atoms with Crippen LogP contribution < -0.4 is 14.9 Å². The molecular formula is C25H23N3O3. The van der Waals surface area contributed by atoms with Gasteiger partial charge in [0.25, 0.3) is 0 Å². The summed E-state index contributed by atoms with van der Waals surface area (Å²) in [6, 6.07) is 24.2. The lowest BCUT2D eigenvalue weighted by atomic mass is 10.1. The van der Waals surface area contributed by atoms with Gasteiger partial charge in [-0.3, -0.25) is 4.79 Å². The number of ether oxygens (including phenoxy) is 2. The van der Waals surface area contributed by atoms with Gasteiger partial charge in [0.05, 0.1) is 30.9 Å². The molecule has 0 aliphatic heterocycles. The Kier molecular flexibility index (Phi) is 7.78. The van der Waals surface area contributed by atoms with E-state index in [2.05, 4.69) is 16.6 Å². The van der Waals surface area contributed by atoms with E-state index in [1.165, 1.54) is 0 Å². The SMILES string of the molecule is CCOc1ccc(CC(=O)N/N=C\c2ccc(OCc3ccc(C#N)cc3)cc2)cc1. The zero-order valence-electron chi connectivity index (χ0n) is 17.2. The van der Waals surface area contributed by atoms with Crippen LogP contribution in [0.2, 0.25) is 0 Å². The Morgan fingerprint density at radius 2 is 1.55 bits per heavy atom. The fourth-order valence-corrected chi connectivity index (χ4v) is 2.77. The molecule has 1 amide bonds. The monoisotopic (exact) mass is 413 g/mol. The second kappa shape index (κ2) is 11.2. The minimum absolute atomic E-state index is 0.192. The number of benzene rings is 3. The molecule has 0 aromatic heterocycles. The van der Waals surface area contributed by atoms with Gasteiger partial charge in [-0.25, -0.2) is 5.43 Å². The first-order valence-corrected chi connectivity index (χ1v) is 9.92. The highest BCUT2D eigenvalue weighted by Crippen LogP contribution is 2.14. The Morgan fingerprint density at radius 1 is 0.935 bits per heavy atom. The summed E-state index contributed by atoms with van der Waals surface area (Å²) >= 11 is 0. The van der Waals surface area contributed by atoms with Crippen LogP contribution in [0.3, 0.4) is 0 Å². The van der Waals surface area contributed by atoms with Crippen molar-refractivity contribution < 1.29 is 14.3 Å². The number of hydrazone groups is 1. The fourth-order valence-electron chi connectivity index (χ4n) is 2.77. The number of amides is 1. The maximum absolute atomic E-state index is 12.0. The summed E-state index contributed by atoms with van der Waals surface area (Å²) in [7, 11) is 0. The molecule has 3 rings (SSSR count). The number of nitriles is 1. The van der Waals surface area contributed by atoms with E-state index >= 15 is 0 Å². The summed E-state index contributed by atoms with van der Waals surface area (Å²) in [4.78, 5) is 12.0. The number of rotatable bonds is 9. The first kappa shape index (κ1) is 21.6. The number of carbonyl (C=O) groups excluding carboxylic acids is 1. The number of hydrogen-bond acceptors (Lipinski definition) is 5. The van der Waals surface area contributed by atoms with E-state index in [0.29, 0.717) is 18.8 Å². The molecule has 0 saturated heterocycles. The van der Waals surface area contributed by atoms with Crippen molar-refractivity contribution in [2.24, 2.45) is 5.10 Å². The van der Waals surface area contributed by atoms with E-state index in [1.807, 2.05) is 67.6 Å². The van der Waals surface area contributed by atoms with Gasteiger partial charge in [-0.15, -0.1) is 0 Å². The van der Waals surface area contributed by atoms with Gasteiger partial charge >= 0.3 is 0 Å².